The van der Waals surface area contributed by atoms with Gasteiger partial charge in [-0.05, 0) is 0 Å². The molecule has 2 aromatic rings. The fourth-order valence-electron chi connectivity index (χ4n) is 4.56. The van der Waals surface area contributed by atoms with Crippen LogP contribution in [0.1, 0.15) is 101 Å². The Bertz CT molecular complexity index is 785. The first-order valence-corrected chi connectivity index (χ1v) is 12.6. The van der Waals surface area contributed by atoms with E-state index in [0.29, 0.717) is 23.7 Å². The molecule has 2 aromatic carbocycles. The Labute approximate surface area is 195 Å². The van der Waals surface area contributed by atoms with Crippen molar-refractivity contribution in [3.63, 3.8) is 0 Å². The summed E-state index contributed by atoms with van der Waals surface area (Å²) < 4.78 is 1.33. The molecule has 0 spiro atoms. The summed E-state index contributed by atoms with van der Waals surface area (Å²) in [5.41, 5.74) is 8.70. The molecule has 1 aliphatic rings. The van der Waals surface area contributed by atoms with Crippen molar-refractivity contribution in [3.05, 3.63) is 58.7 Å². The standard InChI is InChI=1S/C27H38N2.Pt/c1-18(2)22-11-9-12-23(19(3)4)26(22)28-15-16-29(17-28)27-24(20(5)6)13-10-14-25(27)21(7)8;/h9-14,18-21H,15-16H2,1-8H3;. The number of hydrogen-bond acceptors (Lipinski definition) is 2. The minimum atomic E-state index is 0.506. The van der Waals surface area contributed by atoms with Gasteiger partial charge in [0.1, 0.15) is 0 Å². The van der Waals surface area contributed by atoms with E-state index in [4.69, 9.17) is 0 Å². The molecule has 3 heteroatoms. The van der Waals surface area contributed by atoms with Crippen molar-refractivity contribution in [2.24, 2.45) is 0 Å². The van der Waals surface area contributed by atoms with E-state index in [0.717, 1.165) is 13.1 Å². The number of hydrogen-bond donors (Lipinski definition) is 0. The summed E-state index contributed by atoms with van der Waals surface area (Å²) in [5.74, 6) is 2.02. The van der Waals surface area contributed by atoms with E-state index >= 15 is 0 Å². The molecule has 1 aliphatic heterocycles. The van der Waals surface area contributed by atoms with Gasteiger partial charge >= 0.3 is 195 Å². The average molecular weight is 586 g/mol. The van der Waals surface area contributed by atoms with Crippen molar-refractivity contribution < 1.29 is 19.4 Å². The number of nitrogens with zero attached hydrogens (tertiary/aromatic N) is 2. The van der Waals surface area contributed by atoms with E-state index in [1.165, 1.54) is 37.8 Å². The number of benzene rings is 2. The molecule has 0 N–H and O–H groups in total. The van der Waals surface area contributed by atoms with E-state index in [-0.39, 0.29) is 0 Å². The van der Waals surface area contributed by atoms with Gasteiger partial charge < -0.3 is 0 Å². The maximum atomic E-state index is 2.58. The summed E-state index contributed by atoms with van der Waals surface area (Å²) >= 11 is 2.57. The van der Waals surface area contributed by atoms with Crippen molar-refractivity contribution in [3.8, 4) is 0 Å². The van der Waals surface area contributed by atoms with Crippen LogP contribution in [0.3, 0.4) is 0 Å². The normalized spacial score (nSPS) is 14.9. The molecule has 0 saturated carbocycles. The van der Waals surface area contributed by atoms with Crippen LogP contribution in [0.2, 0.25) is 0 Å². The molecule has 30 heavy (non-hydrogen) atoms. The molecule has 1 heterocycles. The quantitative estimate of drug-likeness (QED) is 0.356. The SMILES string of the molecule is CC(C)c1cccc(C(C)C)c1N1CCN(c2c(C(C)C)cccc2C(C)C)[C]1=[Pt]. The van der Waals surface area contributed by atoms with E-state index in [2.05, 4.69) is 121 Å². The molecule has 0 amide bonds. The monoisotopic (exact) mass is 585 g/mol. The molecule has 0 radical (unpaired) electrons. The molecule has 1 saturated heterocycles. The maximum absolute atomic E-state index is 2.58. The summed E-state index contributed by atoms with van der Waals surface area (Å²) in [6.07, 6.45) is 0. The molecule has 0 unspecified atom stereocenters. The summed E-state index contributed by atoms with van der Waals surface area (Å²) in [4.78, 5) is 5.15. The Morgan fingerprint density at radius 3 is 1.07 bits per heavy atom. The van der Waals surface area contributed by atoms with E-state index in [9.17, 15) is 0 Å². The van der Waals surface area contributed by atoms with E-state index in [1.54, 1.807) is 0 Å². The second-order valence-corrected chi connectivity index (χ2v) is 10.7. The van der Waals surface area contributed by atoms with Crippen LogP contribution >= 0.6 is 0 Å². The Balaban J connectivity index is 2.12. The summed E-state index contributed by atoms with van der Waals surface area (Å²) in [6, 6.07) is 13.8. The number of anilines is 2. The van der Waals surface area contributed by atoms with Gasteiger partial charge in [-0.1, -0.05) is 0 Å². The molecular formula is C27H38N2Pt. The van der Waals surface area contributed by atoms with Crippen LogP contribution in [0.25, 0.3) is 0 Å². The predicted octanol–water partition coefficient (Wildman–Crippen LogP) is 7.14. The van der Waals surface area contributed by atoms with E-state index < -0.39 is 0 Å². The van der Waals surface area contributed by atoms with Crippen LogP contribution in [-0.2, 0) is 19.4 Å². The van der Waals surface area contributed by atoms with E-state index in [1.807, 2.05) is 0 Å². The van der Waals surface area contributed by atoms with Crippen molar-refractivity contribution in [2.75, 3.05) is 22.9 Å². The second-order valence-electron chi connectivity index (χ2n) is 9.73. The Morgan fingerprint density at radius 2 is 0.833 bits per heavy atom. The molecule has 0 bridgehead atoms. The van der Waals surface area contributed by atoms with Crippen LogP contribution in [0, 0.1) is 0 Å². The van der Waals surface area contributed by atoms with Gasteiger partial charge in [0.05, 0.1) is 0 Å². The van der Waals surface area contributed by atoms with Gasteiger partial charge in [0.15, 0.2) is 0 Å². The Hall–Kier alpha value is -1.40. The third-order valence-corrected chi connectivity index (χ3v) is 7.41. The van der Waals surface area contributed by atoms with Crippen molar-refractivity contribution in [2.45, 2.75) is 79.1 Å². The molecule has 0 atom stereocenters. The van der Waals surface area contributed by atoms with Gasteiger partial charge in [-0.25, -0.2) is 0 Å². The first-order valence-electron chi connectivity index (χ1n) is 11.4. The molecule has 2 nitrogen and oxygen atoms in total. The Kier molecular flexibility index (Phi) is 7.28. The van der Waals surface area contributed by atoms with Crippen molar-refractivity contribution in [1.82, 2.24) is 0 Å². The summed E-state index contributed by atoms with van der Waals surface area (Å²) in [7, 11) is 0. The van der Waals surface area contributed by atoms with Crippen LogP contribution in [0.15, 0.2) is 36.4 Å². The fourth-order valence-corrected chi connectivity index (χ4v) is 5.57. The van der Waals surface area contributed by atoms with Gasteiger partial charge in [-0.2, -0.15) is 0 Å². The average Bonchev–Trinajstić information content (AvgIpc) is 3.07. The summed E-state index contributed by atoms with van der Waals surface area (Å²) in [5, 5.41) is 0. The first kappa shape index (κ1) is 23.3. The van der Waals surface area contributed by atoms with Crippen molar-refractivity contribution >= 4 is 15.5 Å². The third kappa shape index (κ3) is 4.31. The van der Waals surface area contributed by atoms with Gasteiger partial charge in [-0.15, -0.1) is 0 Å². The van der Waals surface area contributed by atoms with Crippen LogP contribution < -0.4 is 9.80 Å². The zero-order valence-corrected chi connectivity index (χ0v) is 22.2. The summed E-state index contributed by atoms with van der Waals surface area (Å²) in [6.45, 7) is 20.6. The van der Waals surface area contributed by atoms with Crippen LogP contribution in [0.5, 0.6) is 0 Å². The minimum absolute atomic E-state index is 0.506. The van der Waals surface area contributed by atoms with Gasteiger partial charge in [0.25, 0.3) is 0 Å². The van der Waals surface area contributed by atoms with Gasteiger partial charge in [-0.3, -0.25) is 0 Å². The Morgan fingerprint density at radius 1 is 0.567 bits per heavy atom. The topological polar surface area (TPSA) is 6.48 Å². The van der Waals surface area contributed by atoms with Gasteiger partial charge in [0.2, 0.25) is 0 Å². The predicted molar refractivity (Wildman–Crippen MR) is 129 cm³/mol. The third-order valence-electron chi connectivity index (χ3n) is 6.18. The van der Waals surface area contributed by atoms with Crippen molar-refractivity contribution in [1.29, 1.82) is 0 Å². The zero-order valence-electron chi connectivity index (χ0n) is 19.9. The van der Waals surface area contributed by atoms with Crippen LogP contribution in [-0.4, -0.2) is 17.2 Å². The molecule has 0 aromatic heterocycles. The van der Waals surface area contributed by atoms with Crippen LogP contribution in [0.4, 0.5) is 11.4 Å². The molecule has 1 fully saturated rings. The molecule has 0 aliphatic carbocycles. The zero-order chi connectivity index (χ0) is 22.2. The first-order chi connectivity index (χ1) is 14.1. The molecular weight excluding hydrogens is 547 g/mol. The molecule has 166 valence electrons. The fraction of sp³-hybridized carbons (Fsp3) is 0.519. The number of rotatable bonds is 6. The molecule has 3 rings (SSSR count). The second kappa shape index (κ2) is 9.39. The van der Waals surface area contributed by atoms with Gasteiger partial charge in [0, 0.05) is 0 Å². The number of para-hydroxylation sites is 2.